The summed E-state index contributed by atoms with van der Waals surface area (Å²) in [7, 11) is -0.945. The molecule has 4 rings (SSSR count). The normalized spacial score (nSPS) is 72.0. The molecule has 0 aromatic heterocycles. The summed E-state index contributed by atoms with van der Waals surface area (Å²) < 4.78 is 19.5. The molecule has 0 aromatic rings. The fraction of sp³-hybridized carbons (Fsp3) is 1.00. The number of hydrogen-bond donors (Lipinski definition) is 0. The zero-order valence-corrected chi connectivity index (χ0v) is 4.05. The minimum atomic E-state index is -0.945. The van der Waals surface area contributed by atoms with E-state index in [1.165, 1.54) is 0 Å². The van der Waals surface area contributed by atoms with Gasteiger partial charge in [-0.2, -0.15) is 0 Å². The van der Waals surface area contributed by atoms with E-state index in [4.69, 9.17) is 18.3 Å². The average molecular weight is 120 g/mol. The Balaban J connectivity index is 2.15. The van der Waals surface area contributed by atoms with Crippen molar-refractivity contribution in [3.05, 3.63) is 0 Å². The van der Waals surface area contributed by atoms with Crippen molar-refractivity contribution >= 4 is 8.60 Å². The minimum absolute atomic E-state index is 0.182. The maximum atomic E-state index is 4.91. The number of rotatable bonds is 0. The molecule has 0 aromatic carbocycles. The van der Waals surface area contributed by atoms with Crippen molar-refractivity contribution < 1.29 is 18.3 Å². The second-order valence-electron chi connectivity index (χ2n) is 1.56. The van der Waals surface area contributed by atoms with Crippen molar-refractivity contribution in [2.24, 2.45) is 0 Å². The lowest BCUT2D eigenvalue weighted by atomic mass is 10.7. The third-order valence-corrected chi connectivity index (χ3v) is 2.26. The molecular formula is C2HO4P. The van der Waals surface area contributed by atoms with Crippen molar-refractivity contribution in [3.8, 4) is 0 Å². The highest BCUT2D eigenvalue weighted by atomic mass is 31.2. The Morgan fingerprint density at radius 3 is 2.43 bits per heavy atom. The third-order valence-electron chi connectivity index (χ3n) is 1.09. The lowest BCUT2D eigenvalue weighted by Crippen LogP contribution is -2.21. The van der Waals surface area contributed by atoms with Crippen LogP contribution in [0, 0.1) is 0 Å². The summed E-state index contributed by atoms with van der Waals surface area (Å²) in [6.07, 6.45) is -0.182. The Hall–Kier alpha value is 0.270. The lowest BCUT2D eigenvalue weighted by Gasteiger charge is -2.21. The summed E-state index contributed by atoms with van der Waals surface area (Å²) >= 11 is 0. The van der Waals surface area contributed by atoms with Gasteiger partial charge in [0.05, 0.1) is 0 Å². The van der Waals surface area contributed by atoms with Crippen LogP contribution in [-0.2, 0) is 18.3 Å². The maximum Gasteiger partial charge on any atom is 0.353 e. The zero-order valence-electron chi connectivity index (χ0n) is 3.16. The summed E-state index contributed by atoms with van der Waals surface area (Å²) in [6.45, 7) is 0. The van der Waals surface area contributed by atoms with Gasteiger partial charge in [0.25, 0.3) is 6.29 Å². The van der Waals surface area contributed by atoms with Crippen LogP contribution < -0.4 is 0 Å². The number of epoxide rings is 1. The highest BCUT2D eigenvalue weighted by Crippen LogP contribution is 2.76. The van der Waals surface area contributed by atoms with Crippen molar-refractivity contribution in [2.75, 3.05) is 0 Å². The average Bonchev–Trinajstić information content (AvgIpc) is 2.03. The SMILES string of the molecule is O1C2OC23OP1O3. The first kappa shape index (κ1) is 3.33. The van der Waals surface area contributed by atoms with Gasteiger partial charge in [0.2, 0.25) is 0 Å². The summed E-state index contributed by atoms with van der Waals surface area (Å²) in [5.74, 6) is -0.689. The monoisotopic (exact) mass is 120 g/mol. The van der Waals surface area contributed by atoms with Crippen LogP contribution in [-0.4, -0.2) is 12.3 Å². The van der Waals surface area contributed by atoms with Gasteiger partial charge >= 0.3 is 14.6 Å². The molecule has 4 aliphatic heterocycles. The van der Waals surface area contributed by atoms with E-state index in [0.29, 0.717) is 0 Å². The van der Waals surface area contributed by atoms with Gasteiger partial charge in [0.1, 0.15) is 0 Å². The van der Waals surface area contributed by atoms with Crippen LogP contribution in [0.2, 0.25) is 0 Å². The number of ether oxygens (including phenoxy) is 1. The molecule has 2 bridgehead atoms. The summed E-state index contributed by atoms with van der Waals surface area (Å²) in [5.41, 5.74) is 0. The molecule has 4 heterocycles. The van der Waals surface area contributed by atoms with Crippen LogP contribution in [0.25, 0.3) is 0 Å². The molecule has 38 valence electrons. The molecule has 0 radical (unpaired) electrons. The Labute approximate surface area is 40.3 Å². The van der Waals surface area contributed by atoms with Gasteiger partial charge in [0, 0.05) is 0 Å². The van der Waals surface area contributed by atoms with Gasteiger partial charge in [-0.3, -0.25) is 9.26 Å². The lowest BCUT2D eigenvalue weighted by molar-refractivity contribution is -0.176. The molecule has 7 heavy (non-hydrogen) atoms. The van der Waals surface area contributed by atoms with Gasteiger partial charge < -0.3 is 0 Å². The van der Waals surface area contributed by atoms with E-state index in [0.717, 1.165) is 0 Å². The Kier molecular flexibility index (Phi) is 0.313. The summed E-state index contributed by atoms with van der Waals surface area (Å²) in [6, 6.07) is 0. The minimum Gasteiger partial charge on any atom is -0.284 e. The molecule has 0 saturated carbocycles. The Morgan fingerprint density at radius 1 is 1.43 bits per heavy atom. The van der Waals surface area contributed by atoms with Crippen molar-refractivity contribution in [3.63, 3.8) is 0 Å². The number of hydrogen-bond acceptors (Lipinski definition) is 4. The van der Waals surface area contributed by atoms with E-state index in [2.05, 4.69) is 0 Å². The molecule has 4 saturated heterocycles. The van der Waals surface area contributed by atoms with Gasteiger partial charge in [-0.05, 0) is 0 Å². The van der Waals surface area contributed by atoms with E-state index in [1.54, 1.807) is 0 Å². The highest BCUT2D eigenvalue weighted by molar-refractivity contribution is 7.43. The highest BCUT2D eigenvalue weighted by Gasteiger charge is 2.81. The topological polar surface area (TPSA) is 40.2 Å². The summed E-state index contributed by atoms with van der Waals surface area (Å²) in [5, 5.41) is 0. The summed E-state index contributed by atoms with van der Waals surface area (Å²) in [4.78, 5) is 0. The first-order valence-electron chi connectivity index (χ1n) is 1.92. The molecule has 1 atom stereocenters. The largest absolute Gasteiger partial charge is 0.353 e. The quantitative estimate of drug-likeness (QED) is 0.340. The molecule has 4 nitrogen and oxygen atoms in total. The second kappa shape index (κ2) is 0.658. The maximum absolute atomic E-state index is 4.91. The molecule has 0 amide bonds. The van der Waals surface area contributed by atoms with Gasteiger partial charge in [-0.25, -0.2) is 9.05 Å². The van der Waals surface area contributed by atoms with Crippen LogP contribution in [0.1, 0.15) is 0 Å². The Morgan fingerprint density at radius 2 is 2.29 bits per heavy atom. The standard InChI is InChI=1S/C2HO4P/c3-1-2(3)5-7(4-1)6-2/h1H. The van der Waals surface area contributed by atoms with Crippen LogP contribution in [0.5, 0.6) is 0 Å². The fourth-order valence-corrected chi connectivity index (χ4v) is 1.77. The van der Waals surface area contributed by atoms with E-state index < -0.39 is 14.6 Å². The van der Waals surface area contributed by atoms with Crippen LogP contribution >= 0.6 is 8.60 Å². The molecule has 0 N–H and O–H groups in total. The molecule has 1 spiro atoms. The van der Waals surface area contributed by atoms with Crippen LogP contribution in [0.15, 0.2) is 0 Å². The zero-order chi connectivity index (χ0) is 4.48. The van der Waals surface area contributed by atoms with Crippen LogP contribution in [0.3, 0.4) is 0 Å². The van der Waals surface area contributed by atoms with Gasteiger partial charge in [-0.1, -0.05) is 0 Å². The molecule has 4 aliphatic rings. The molecule has 4 fully saturated rings. The molecule has 1 unspecified atom stereocenters. The third kappa shape index (κ3) is 0.211. The molecule has 0 aliphatic carbocycles. The van der Waals surface area contributed by atoms with Gasteiger partial charge in [0.15, 0.2) is 0 Å². The first-order valence-corrected chi connectivity index (χ1v) is 3.02. The fourth-order valence-electron chi connectivity index (χ4n) is 0.666. The second-order valence-corrected chi connectivity index (χ2v) is 2.59. The molecule has 5 heteroatoms. The van der Waals surface area contributed by atoms with E-state index in [1.807, 2.05) is 0 Å². The Bertz CT molecular complexity index is 127. The molecular weight excluding hydrogens is 119 g/mol. The van der Waals surface area contributed by atoms with Crippen molar-refractivity contribution in [2.45, 2.75) is 12.3 Å². The predicted octanol–water partition coefficient (Wildman–Crippen LogP) is 0.300. The van der Waals surface area contributed by atoms with Crippen molar-refractivity contribution in [1.29, 1.82) is 0 Å². The van der Waals surface area contributed by atoms with Crippen molar-refractivity contribution in [1.82, 2.24) is 0 Å². The predicted molar refractivity (Wildman–Crippen MR) is 17.8 cm³/mol. The van der Waals surface area contributed by atoms with Crippen LogP contribution in [0.4, 0.5) is 0 Å². The van der Waals surface area contributed by atoms with E-state index in [9.17, 15) is 0 Å². The van der Waals surface area contributed by atoms with Gasteiger partial charge in [-0.15, -0.1) is 0 Å². The first-order chi connectivity index (χ1) is 3.39. The van der Waals surface area contributed by atoms with E-state index >= 15 is 0 Å². The van der Waals surface area contributed by atoms with E-state index in [-0.39, 0.29) is 6.29 Å². The smallest absolute Gasteiger partial charge is 0.284 e.